The Morgan fingerprint density at radius 3 is 1.44 bits per heavy atom. The summed E-state index contributed by atoms with van der Waals surface area (Å²) in [5.74, 6) is -25.1. The van der Waals surface area contributed by atoms with E-state index in [1.54, 1.807) is 0 Å². The number of nitriles is 4. The molecular weight excluding hydrogens is 672 g/mol. The molecule has 0 heterocycles. The van der Waals surface area contributed by atoms with Crippen molar-refractivity contribution < 1.29 is 52.7 Å². The largest absolute Gasteiger partial charge is 0.262 e. The molecule has 2 aromatic rings. The van der Waals surface area contributed by atoms with Gasteiger partial charge in [-0.05, 0) is 16.7 Å². The number of alkyl halides is 4. The summed E-state index contributed by atoms with van der Waals surface area (Å²) >= 11 is 0. The van der Waals surface area contributed by atoms with Crippen molar-refractivity contribution in [3.63, 3.8) is 0 Å². The molecule has 2 aliphatic carbocycles. The minimum absolute atomic E-state index is 0.789. The van der Waals surface area contributed by atoms with Crippen molar-refractivity contribution in [2.75, 3.05) is 0 Å². The Morgan fingerprint density at radius 2 is 1.06 bits per heavy atom. The van der Waals surface area contributed by atoms with Gasteiger partial charge >= 0.3 is 0 Å². The Hall–Kier alpha value is -6.24. The van der Waals surface area contributed by atoms with E-state index in [9.17, 15) is 36.9 Å². The van der Waals surface area contributed by atoms with Gasteiger partial charge in [0.2, 0.25) is 5.70 Å². The van der Waals surface area contributed by atoms with Crippen LogP contribution in [0.1, 0.15) is 16.7 Å². The molecule has 2 fully saturated rings. The molecule has 0 aliphatic heterocycles. The van der Waals surface area contributed by atoms with Gasteiger partial charge in [-0.2, -0.15) is 21.0 Å². The number of nitrogens with zero attached hydrogens (tertiary/aromatic N) is 6. The summed E-state index contributed by atoms with van der Waals surface area (Å²) in [7, 11) is 0. The summed E-state index contributed by atoms with van der Waals surface area (Å²) in [6, 6.07) is 3.85. The molecule has 2 aromatic carbocycles. The lowest BCUT2D eigenvalue weighted by Crippen LogP contribution is -2.52. The summed E-state index contributed by atoms with van der Waals surface area (Å²) < 4.78 is 178. The van der Waals surface area contributed by atoms with E-state index in [0.717, 1.165) is 24.3 Å². The van der Waals surface area contributed by atoms with E-state index >= 15 is 26.3 Å². The van der Waals surface area contributed by atoms with Crippen molar-refractivity contribution in [2.45, 2.75) is 24.7 Å². The highest BCUT2D eigenvalue weighted by Gasteiger charge is 2.57. The number of halogens is 12. The van der Waals surface area contributed by atoms with Crippen LogP contribution in [-0.4, -0.2) is 24.7 Å². The van der Waals surface area contributed by atoms with Gasteiger partial charge in [-0.3, -0.25) is 0 Å². The first-order chi connectivity index (χ1) is 22.6. The molecule has 2 saturated carbocycles. The van der Waals surface area contributed by atoms with E-state index < -0.39 is 139 Å². The van der Waals surface area contributed by atoms with E-state index in [4.69, 9.17) is 23.7 Å². The first-order valence-electron chi connectivity index (χ1n) is 12.5. The SMILES string of the molecule is [C-]#[N+]/C(=C1/C(=C(\C#N)C2C(F)C(F)C(C#N)C(F)C2F)/C1=C(\C#N)c1c(F)c(F)c([N+]#[C-])c(F)c1F)c1c(F)c(F)c(C#N)c(F)c1F. The maximum atomic E-state index is 15.3. The Kier molecular flexibility index (Phi) is 9.03. The van der Waals surface area contributed by atoms with Crippen LogP contribution in [-0.2, 0) is 0 Å². The molecule has 18 heteroatoms. The van der Waals surface area contributed by atoms with Crippen LogP contribution in [0, 0.1) is 117 Å². The first-order valence-corrected chi connectivity index (χ1v) is 12.5. The molecule has 48 heavy (non-hydrogen) atoms. The number of benzene rings is 2. The summed E-state index contributed by atoms with van der Waals surface area (Å²) in [5.41, 5.74) is -16.8. The van der Waals surface area contributed by atoms with Crippen LogP contribution < -0.4 is 0 Å². The fraction of sp³-hybridized carbons (Fsp3) is 0.200. The van der Waals surface area contributed by atoms with Crippen molar-refractivity contribution in [1.29, 1.82) is 21.0 Å². The highest BCUT2D eigenvalue weighted by Crippen LogP contribution is 2.58. The normalized spacial score (nSPS) is 26.1. The zero-order chi connectivity index (χ0) is 36.1. The Bertz CT molecular complexity index is 1990. The molecule has 0 amide bonds. The minimum Gasteiger partial charge on any atom is -0.243 e. The van der Waals surface area contributed by atoms with Crippen LogP contribution in [0.4, 0.5) is 58.4 Å². The third-order valence-electron chi connectivity index (χ3n) is 7.46. The molecule has 4 unspecified atom stereocenters. The quantitative estimate of drug-likeness (QED) is 0.143. The van der Waals surface area contributed by atoms with Crippen molar-refractivity contribution in [1.82, 2.24) is 0 Å². The fourth-order valence-corrected chi connectivity index (χ4v) is 5.19. The molecule has 0 bridgehead atoms. The molecule has 0 spiro atoms. The summed E-state index contributed by atoms with van der Waals surface area (Å²) in [4.78, 5) is 4.90. The summed E-state index contributed by atoms with van der Waals surface area (Å²) in [6.45, 7) is 14.2. The van der Waals surface area contributed by atoms with Crippen LogP contribution in [0.15, 0.2) is 22.3 Å². The molecular formula is C30H6F12N6. The molecule has 0 aromatic heterocycles. The van der Waals surface area contributed by atoms with Gasteiger partial charge in [0.25, 0.3) is 5.69 Å². The van der Waals surface area contributed by atoms with Gasteiger partial charge in [0.05, 0.1) is 47.9 Å². The summed E-state index contributed by atoms with van der Waals surface area (Å²) in [6.07, 6.45) is -12.9. The Labute approximate surface area is 260 Å². The molecule has 240 valence electrons. The second kappa shape index (κ2) is 12.5. The zero-order valence-electron chi connectivity index (χ0n) is 22.7. The number of hydrogen-bond donors (Lipinski definition) is 0. The van der Waals surface area contributed by atoms with Crippen LogP contribution in [0.5, 0.6) is 0 Å². The maximum Gasteiger partial charge on any atom is 0.262 e. The maximum absolute atomic E-state index is 15.3. The van der Waals surface area contributed by atoms with E-state index in [0.29, 0.717) is 0 Å². The van der Waals surface area contributed by atoms with E-state index in [1.165, 1.54) is 0 Å². The zero-order valence-corrected chi connectivity index (χ0v) is 22.7. The molecule has 4 atom stereocenters. The van der Waals surface area contributed by atoms with E-state index in [2.05, 4.69) is 9.69 Å². The van der Waals surface area contributed by atoms with Crippen LogP contribution in [0.25, 0.3) is 21.0 Å². The van der Waals surface area contributed by atoms with Gasteiger partial charge in [0.15, 0.2) is 58.9 Å². The van der Waals surface area contributed by atoms with Gasteiger partial charge in [-0.25, -0.2) is 62.4 Å². The van der Waals surface area contributed by atoms with Crippen molar-refractivity contribution >= 4 is 17.0 Å². The Balaban J connectivity index is 2.27. The van der Waals surface area contributed by atoms with Gasteiger partial charge < -0.3 is 0 Å². The van der Waals surface area contributed by atoms with Gasteiger partial charge in [-0.15, -0.1) is 0 Å². The molecule has 2 aliphatic rings. The van der Waals surface area contributed by atoms with Gasteiger partial charge in [-0.1, -0.05) is 0 Å². The van der Waals surface area contributed by atoms with Crippen molar-refractivity contribution in [3.05, 3.63) is 108 Å². The molecule has 4 rings (SSSR count). The van der Waals surface area contributed by atoms with Crippen LogP contribution in [0.2, 0.25) is 0 Å². The lowest BCUT2D eigenvalue weighted by molar-refractivity contribution is -0.0469. The van der Waals surface area contributed by atoms with Crippen molar-refractivity contribution in [3.8, 4) is 24.3 Å². The number of rotatable bonds is 3. The molecule has 0 radical (unpaired) electrons. The smallest absolute Gasteiger partial charge is 0.243 e. The molecule has 0 N–H and O–H groups in total. The van der Waals surface area contributed by atoms with E-state index in [1.807, 2.05) is 0 Å². The third kappa shape index (κ3) is 4.78. The average molecular weight is 678 g/mol. The fourth-order valence-electron chi connectivity index (χ4n) is 5.19. The lowest BCUT2D eigenvalue weighted by atomic mass is 9.73. The monoisotopic (exact) mass is 678 g/mol. The number of hydrogen-bond acceptors (Lipinski definition) is 4. The second-order valence-electron chi connectivity index (χ2n) is 9.77. The number of allylic oxidation sites excluding steroid dienone is 5. The van der Waals surface area contributed by atoms with Crippen LogP contribution in [0.3, 0.4) is 0 Å². The standard InChI is InChI=1S/C30H6F12N6/c1-47-29(16-25(39)19(33)10(6-46)20(34)26(16)40)15-11(7(3-43)13-21(35)17(31)9(5-45)18(32)22(13)36)12(15)8(4-44)14-23(37)27(41)30(48-2)28(42)24(14)38/h9,13,17-18,21-22H/b11-7+,12-8-,29-15-. The topological polar surface area (TPSA) is 104 Å². The predicted octanol–water partition coefficient (Wildman–Crippen LogP) is 7.79. The third-order valence-corrected chi connectivity index (χ3v) is 7.46. The lowest BCUT2D eigenvalue weighted by Gasteiger charge is -2.36. The van der Waals surface area contributed by atoms with Crippen LogP contribution >= 0.6 is 0 Å². The van der Waals surface area contributed by atoms with Gasteiger partial charge in [0.1, 0.15) is 36.0 Å². The minimum atomic E-state index is -3.30. The predicted molar refractivity (Wildman–Crippen MR) is 134 cm³/mol. The molecule has 0 saturated heterocycles. The second-order valence-corrected chi connectivity index (χ2v) is 9.77. The highest BCUT2D eigenvalue weighted by atomic mass is 19.2. The average Bonchev–Trinajstić information content (AvgIpc) is 3.78. The highest BCUT2D eigenvalue weighted by molar-refractivity contribution is 6.06. The van der Waals surface area contributed by atoms with Gasteiger partial charge in [0, 0.05) is 5.57 Å². The molecule has 6 nitrogen and oxygen atoms in total. The summed E-state index contributed by atoms with van der Waals surface area (Å²) in [5, 5.41) is 37.5. The van der Waals surface area contributed by atoms with Crippen molar-refractivity contribution in [2.24, 2.45) is 11.8 Å². The first kappa shape index (κ1) is 34.6. The van der Waals surface area contributed by atoms with E-state index in [-0.39, 0.29) is 0 Å². The Morgan fingerprint density at radius 1 is 0.583 bits per heavy atom.